The Morgan fingerprint density at radius 2 is 1.94 bits per heavy atom. The summed E-state index contributed by atoms with van der Waals surface area (Å²) in [6.45, 7) is 9.70. The molecule has 0 aromatic carbocycles. The van der Waals surface area contributed by atoms with Gasteiger partial charge in [0.25, 0.3) is 0 Å². The van der Waals surface area contributed by atoms with E-state index < -0.39 is 0 Å². The van der Waals surface area contributed by atoms with Gasteiger partial charge in [-0.15, -0.1) is 11.3 Å². The van der Waals surface area contributed by atoms with Crippen molar-refractivity contribution in [2.24, 2.45) is 23.5 Å². The fourth-order valence-electron chi connectivity index (χ4n) is 1.77. The van der Waals surface area contributed by atoms with Crippen LogP contribution >= 0.6 is 11.3 Å². The minimum atomic E-state index is 0.568. The van der Waals surface area contributed by atoms with Gasteiger partial charge in [0.1, 0.15) is 0 Å². The van der Waals surface area contributed by atoms with Gasteiger partial charge in [0.15, 0.2) is 0 Å². The van der Waals surface area contributed by atoms with Crippen LogP contribution in [0.3, 0.4) is 0 Å². The van der Waals surface area contributed by atoms with E-state index in [1.165, 1.54) is 10.7 Å². The van der Waals surface area contributed by atoms with Gasteiger partial charge in [-0.1, -0.05) is 27.7 Å². The molecule has 0 spiro atoms. The zero-order valence-corrected chi connectivity index (χ0v) is 11.7. The molecule has 0 amide bonds. The molecule has 16 heavy (non-hydrogen) atoms. The highest BCUT2D eigenvalue weighted by Gasteiger charge is 2.14. The molecule has 0 fully saturated rings. The van der Waals surface area contributed by atoms with Crippen LogP contribution in [0.15, 0.2) is 5.38 Å². The highest BCUT2D eigenvalue weighted by Crippen LogP contribution is 2.20. The first-order valence-corrected chi connectivity index (χ1v) is 7.04. The molecule has 0 saturated heterocycles. The van der Waals surface area contributed by atoms with E-state index in [-0.39, 0.29) is 0 Å². The Labute approximate surface area is 103 Å². The molecule has 3 heteroatoms. The molecule has 1 rings (SSSR count). The first kappa shape index (κ1) is 13.7. The van der Waals surface area contributed by atoms with Gasteiger partial charge in [-0.2, -0.15) is 0 Å². The first-order chi connectivity index (χ1) is 7.52. The predicted molar refractivity (Wildman–Crippen MR) is 71.7 cm³/mol. The molecule has 1 atom stereocenters. The predicted octanol–water partition coefficient (Wildman–Crippen LogP) is 3.12. The van der Waals surface area contributed by atoms with Crippen molar-refractivity contribution in [3.05, 3.63) is 16.1 Å². The van der Waals surface area contributed by atoms with Gasteiger partial charge in [-0.05, 0) is 30.7 Å². The zero-order valence-electron chi connectivity index (χ0n) is 10.9. The van der Waals surface area contributed by atoms with Crippen LogP contribution in [0.4, 0.5) is 0 Å². The third-order valence-electron chi connectivity index (χ3n) is 2.90. The lowest BCUT2D eigenvalue weighted by Crippen LogP contribution is -2.22. The van der Waals surface area contributed by atoms with Crippen LogP contribution in [0, 0.1) is 17.8 Å². The summed E-state index contributed by atoms with van der Waals surface area (Å²) in [6.07, 6.45) is 2.13. The number of aromatic nitrogens is 1. The average molecular weight is 240 g/mol. The second-order valence-electron chi connectivity index (χ2n) is 5.27. The van der Waals surface area contributed by atoms with E-state index in [4.69, 9.17) is 5.73 Å². The monoisotopic (exact) mass is 240 g/mol. The summed E-state index contributed by atoms with van der Waals surface area (Å²) in [5.74, 6) is 1.89. The summed E-state index contributed by atoms with van der Waals surface area (Å²) >= 11 is 1.79. The van der Waals surface area contributed by atoms with Gasteiger partial charge in [0.05, 0.1) is 10.7 Å². The summed E-state index contributed by atoms with van der Waals surface area (Å²) in [5.41, 5.74) is 7.03. The fraction of sp³-hybridized carbons (Fsp3) is 0.769. The topological polar surface area (TPSA) is 38.9 Å². The van der Waals surface area contributed by atoms with Crippen LogP contribution in [0.1, 0.15) is 38.4 Å². The smallest absolute Gasteiger partial charge is 0.0931 e. The second kappa shape index (κ2) is 6.36. The van der Waals surface area contributed by atoms with Gasteiger partial charge in [-0.25, -0.2) is 4.98 Å². The van der Waals surface area contributed by atoms with Crippen molar-refractivity contribution in [1.29, 1.82) is 0 Å². The molecule has 1 heterocycles. The molecule has 2 N–H and O–H groups in total. The number of thiazole rings is 1. The minimum absolute atomic E-state index is 0.568. The number of nitrogens with two attached hydrogens (primary N) is 1. The van der Waals surface area contributed by atoms with E-state index in [1.54, 1.807) is 11.3 Å². The molecule has 0 aliphatic rings. The number of hydrogen-bond acceptors (Lipinski definition) is 3. The lowest BCUT2D eigenvalue weighted by atomic mass is 9.93. The largest absolute Gasteiger partial charge is 0.330 e. The number of rotatable bonds is 6. The lowest BCUT2D eigenvalue weighted by Gasteiger charge is -2.16. The van der Waals surface area contributed by atoms with Crippen LogP contribution in [-0.2, 0) is 12.8 Å². The molecule has 0 radical (unpaired) electrons. The number of nitrogens with zero attached hydrogens (tertiary/aromatic N) is 1. The van der Waals surface area contributed by atoms with Crippen molar-refractivity contribution in [2.45, 2.75) is 40.5 Å². The molecular formula is C13H24N2S. The Morgan fingerprint density at radius 1 is 1.25 bits per heavy atom. The molecule has 1 aromatic rings. The van der Waals surface area contributed by atoms with Crippen LogP contribution in [0.25, 0.3) is 0 Å². The van der Waals surface area contributed by atoms with Crippen LogP contribution in [0.5, 0.6) is 0 Å². The van der Waals surface area contributed by atoms with Gasteiger partial charge in [0, 0.05) is 11.8 Å². The highest BCUT2D eigenvalue weighted by molar-refractivity contribution is 7.09. The fourth-order valence-corrected chi connectivity index (χ4v) is 2.67. The quantitative estimate of drug-likeness (QED) is 0.830. The van der Waals surface area contributed by atoms with Crippen LogP contribution in [0.2, 0.25) is 0 Å². The second-order valence-corrected chi connectivity index (χ2v) is 6.22. The van der Waals surface area contributed by atoms with Gasteiger partial charge < -0.3 is 5.73 Å². The molecule has 0 aliphatic carbocycles. The standard InChI is InChI=1S/C13H24N2S/c1-9(2)5-12-8-16-13(15-12)6-11(7-14)10(3)4/h8-11H,5-7,14H2,1-4H3. The molecule has 2 nitrogen and oxygen atoms in total. The van der Waals surface area contributed by atoms with Crippen molar-refractivity contribution < 1.29 is 0 Å². The summed E-state index contributed by atoms with van der Waals surface area (Å²) in [4.78, 5) is 4.68. The lowest BCUT2D eigenvalue weighted by molar-refractivity contribution is 0.391. The Kier molecular flexibility index (Phi) is 5.42. The maximum Gasteiger partial charge on any atom is 0.0931 e. The summed E-state index contributed by atoms with van der Waals surface area (Å²) in [5, 5.41) is 3.45. The van der Waals surface area contributed by atoms with Crippen molar-refractivity contribution in [3.8, 4) is 0 Å². The highest BCUT2D eigenvalue weighted by atomic mass is 32.1. The third kappa shape index (κ3) is 4.22. The molecule has 1 aromatic heterocycles. The molecule has 0 bridgehead atoms. The van der Waals surface area contributed by atoms with E-state index in [9.17, 15) is 0 Å². The van der Waals surface area contributed by atoms with Crippen molar-refractivity contribution in [2.75, 3.05) is 6.54 Å². The molecule has 92 valence electrons. The molecule has 0 aliphatic heterocycles. The summed E-state index contributed by atoms with van der Waals surface area (Å²) in [6, 6.07) is 0. The maximum absolute atomic E-state index is 5.79. The Morgan fingerprint density at radius 3 is 2.44 bits per heavy atom. The average Bonchev–Trinajstić information content (AvgIpc) is 2.60. The maximum atomic E-state index is 5.79. The van der Waals surface area contributed by atoms with Crippen LogP contribution in [-0.4, -0.2) is 11.5 Å². The van der Waals surface area contributed by atoms with E-state index >= 15 is 0 Å². The summed E-state index contributed by atoms with van der Waals surface area (Å²) < 4.78 is 0. The van der Waals surface area contributed by atoms with Crippen LogP contribution < -0.4 is 5.73 Å². The minimum Gasteiger partial charge on any atom is -0.330 e. The van der Waals surface area contributed by atoms with Crippen molar-refractivity contribution >= 4 is 11.3 Å². The van der Waals surface area contributed by atoms with E-state index in [1.807, 2.05) is 0 Å². The SMILES string of the molecule is CC(C)Cc1csc(CC(CN)C(C)C)n1. The molecular weight excluding hydrogens is 216 g/mol. The van der Waals surface area contributed by atoms with Gasteiger partial charge >= 0.3 is 0 Å². The first-order valence-electron chi connectivity index (χ1n) is 6.16. The Hall–Kier alpha value is -0.410. The summed E-state index contributed by atoms with van der Waals surface area (Å²) in [7, 11) is 0. The molecule has 1 unspecified atom stereocenters. The molecule has 0 saturated carbocycles. The Bertz CT molecular complexity index is 305. The van der Waals surface area contributed by atoms with Crippen molar-refractivity contribution in [1.82, 2.24) is 4.98 Å². The Balaban J connectivity index is 2.57. The van der Waals surface area contributed by atoms with E-state index in [2.05, 4.69) is 38.1 Å². The van der Waals surface area contributed by atoms with Gasteiger partial charge in [0.2, 0.25) is 0 Å². The van der Waals surface area contributed by atoms with E-state index in [0.29, 0.717) is 17.8 Å². The van der Waals surface area contributed by atoms with Gasteiger partial charge in [-0.3, -0.25) is 0 Å². The van der Waals surface area contributed by atoms with E-state index in [0.717, 1.165) is 19.4 Å². The third-order valence-corrected chi connectivity index (χ3v) is 3.82. The van der Waals surface area contributed by atoms with Crippen molar-refractivity contribution in [3.63, 3.8) is 0 Å². The normalized spacial score (nSPS) is 13.7. The number of hydrogen-bond donors (Lipinski definition) is 1. The zero-order chi connectivity index (χ0) is 12.1.